The first-order chi connectivity index (χ1) is 13.3. The van der Waals surface area contributed by atoms with Crippen molar-refractivity contribution in [2.24, 2.45) is 0 Å². The van der Waals surface area contributed by atoms with E-state index in [1.54, 1.807) is 24.3 Å². The lowest BCUT2D eigenvalue weighted by Gasteiger charge is -2.31. The average Bonchev–Trinajstić information content (AvgIpc) is 2.70. The number of hydrogen-bond acceptors (Lipinski definition) is 5. The number of aliphatic hydroxyl groups is 1. The Kier molecular flexibility index (Phi) is 7.06. The molecule has 2 aromatic rings. The third kappa shape index (κ3) is 4.64. The van der Waals surface area contributed by atoms with Crippen LogP contribution in [0.2, 0.25) is 0 Å². The summed E-state index contributed by atoms with van der Waals surface area (Å²) in [7, 11) is -4.35. The van der Waals surface area contributed by atoms with E-state index in [0.29, 0.717) is 0 Å². The Hall–Kier alpha value is -2.99. The van der Waals surface area contributed by atoms with Gasteiger partial charge in [-0.05, 0) is 18.1 Å². The largest absolute Gasteiger partial charge is 0.379 e. The van der Waals surface area contributed by atoms with E-state index < -0.39 is 37.7 Å². The molecule has 0 aliphatic rings. The van der Waals surface area contributed by atoms with Gasteiger partial charge in [-0.2, -0.15) is 4.31 Å². The Morgan fingerprint density at radius 1 is 1.21 bits per heavy atom. The van der Waals surface area contributed by atoms with Gasteiger partial charge in [0.05, 0.1) is 11.0 Å². The van der Waals surface area contributed by atoms with Crippen molar-refractivity contribution in [3.05, 3.63) is 82.9 Å². The van der Waals surface area contributed by atoms with E-state index in [2.05, 4.69) is 12.5 Å². The highest BCUT2D eigenvalue weighted by Gasteiger charge is 2.37. The normalized spacial score (nSPS) is 13.5. The molecule has 0 aliphatic carbocycles. The van der Waals surface area contributed by atoms with Crippen molar-refractivity contribution >= 4 is 15.7 Å². The zero-order valence-corrected chi connectivity index (χ0v) is 15.8. The van der Waals surface area contributed by atoms with Crippen molar-refractivity contribution < 1.29 is 18.4 Å². The summed E-state index contributed by atoms with van der Waals surface area (Å²) in [6.07, 6.45) is 5.41. The zero-order valence-electron chi connectivity index (χ0n) is 15.0. The van der Waals surface area contributed by atoms with Crippen LogP contribution in [0.15, 0.2) is 72.1 Å². The van der Waals surface area contributed by atoms with Crippen LogP contribution in [-0.4, -0.2) is 41.4 Å². The van der Waals surface area contributed by atoms with Crippen molar-refractivity contribution in [3.8, 4) is 12.3 Å². The van der Waals surface area contributed by atoms with Crippen LogP contribution in [0.4, 0.5) is 5.69 Å². The van der Waals surface area contributed by atoms with E-state index in [4.69, 9.17) is 6.42 Å². The molecule has 0 unspecified atom stereocenters. The number of benzene rings is 2. The molecular formula is C20H20N2O5S. The third-order valence-electron chi connectivity index (χ3n) is 4.15. The smallest absolute Gasteiger partial charge is 0.289 e. The fourth-order valence-electron chi connectivity index (χ4n) is 2.83. The summed E-state index contributed by atoms with van der Waals surface area (Å²) in [5.41, 5.74) is 0.207. The summed E-state index contributed by atoms with van der Waals surface area (Å²) in [5.74, 6) is 2.17. The van der Waals surface area contributed by atoms with Crippen molar-refractivity contribution in [3.63, 3.8) is 0 Å². The summed E-state index contributed by atoms with van der Waals surface area (Å²) in [6.45, 7) is 3.39. The molecule has 0 aliphatic heterocycles. The maximum atomic E-state index is 13.3. The fraction of sp³-hybridized carbons (Fsp3) is 0.200. The average molecular weight is 400 g/mol. The van der Waals surface area contributed by atoms with Gasteiger partial charge in [0.1, 0.15) is 6.10 Å². The molecule has 0 saturated carbocycles. The van der Waals surface area contributed by atoms with E-state index >= 15 is 0 Å². The molecule has 0 radical (unpaired) electrons. The summed E-state index contributed by atoms with van der Waals surface area (Å²) < 4.78 is 27.5. The number of terminal acetylenes is 1. The van der Waals surface area contributed by atoms with Gasteiger partial charge in [0.15, 0.2) is 4.90 Å². The quantitative estimate of drug-likeness (QED) is 0.301. The van der Waals surface area contributed by atoms with Gasteiger partial charge in [0, 0.05) is 12.6 Å². The summed E-state index contributed by atoms with van der Waals surface area (Å²) in [6, 6.07) is 12.9. The predicted molar refractivity (Wildman–Crippen MR) is 106 cm³/mol. The number of hydrogen-bond donors (Lipinski definition) is 1. The van der Waals surface area contributed by atoms with Crippen LogP contribution in [0, 0.1) is 22.5 Å². The Balaban J connectivity index is 2.58. The zero-order chi connectivity index (χ0) is 20.7. The Labute approximate surface area is 164 Å². The van der Waals surface area contributed by atoms with Crippen molar-refractivity contribution in [2.75, 3.05) is 6.54 Å². The molecule has 0 fully saturated rings. The van der Waals surface area contributed by atoms with E-state index in [-0.39, 0.29) is 13.0 Å². The van der Waals surface area contributed by atoms with E-state index in [1.807, 2.05) is 6.07 Å². The molecule has 0 spiro atoms. The Morgan fingerprint density at radius 2 is 1.82 bits per heavy atom. The molecule has 2 aromatic carbocycles. The molecule has 28 heavy (non-hydrogen) atoms. The molecule has 146 valence electrons. The second-order valence-electron chi connectivity index (χ2n) is 5.96. The maximum Gasteiger partial charge on any atom is 0.289 e. The SMILES string of the molecule is C#C[C@@H](O)[C@H](Cc1ccccc1)N(CC=C)S(=O)(=O)c1ccccc1[N+](=O)[O-]. The second-order valence-corrected chi connectivity index (χ2v) is 7.82. The molecular weight excluding hydrogens is 380 g/mol. The van der Waals surface area contributed by atoms with Crippen molar-refractivity contribution in [1.29, 1.82) is 0 Å². The Morgan fingerprint density at radius 3 is 2.39 bits per heavy atom. The molecule has 0 amide bonds. The first kappa shape index (κ1) is 21.3. The molecule has 2 rings (SSSR count). The number of aliphatic hydroxyl groups excluding tert-OH is 1. The molecule has 7 nitrogen and oxygen atoms in total. The number of nitro groups is 1. The van der Waals surface area contributed by atoms with Crippen LogP contribution in [0.3, 0.4) is 0 Å². The summed E-state index contributed by atoms with van der Waals surface area (Å²) in [5, 5.41) is 21.7. The highest BCUT2D eigenvalue weighted by atomic mass is 32.2. The van der Waals surface area contributed by atoms with Crippen LogP contribution in [0.25, 0.3) is 0 Å². The van der Waals surface area contributed by atoms with Gasteiger partial charge in [-0.25, -0.2) is 8.42 Å². The van der Waals surface area contributed by atoms with Gasteiger partial charge >= 0.3 is 0 Å². The first-order valence-corrected chi connectivity index (χ1v) is 9.81. The van der Waals surface area contributed by atoms with Crippen LogP contribution in [0.1, 0.15) is 5.56 Å². The van der Waals surface area contributed by atoms with E-state index in [0.717, 1.165) is 22.0 Å². The third-order valence-corrected chi connectivity index (χ3v) is 6.09. The molecule has 2 atom stereocenters. The van der Waals surface area contributed by atoms with Crippen molar-refractivity contribution in [1.82, 2.24) is 4.31 Å². The predicted octanol–water partition coefficient (Wildman–Crippen LogP) is 2.38. The molecule has 1 N–H and O–H groups in total. The number of rotatable bonds is 9. The van der Waals surface area contributed by atoms with Gasteiger partial charge in [-0.3, -0.25) is 10.1 Å². The van der Waals surface area contributed by atoms with Crippen LogP contribution < -0.4 is 0 Å². The van der Waals surface area contributed by atoms with Crippen molar-refractivity contribution in [2.45, 2.75) is 23.5 Å². The van der Waals surface area contributed by atoms with Crippen LogP contribution in [0.5, 0.6) is 0 Å². The summed E-state index contributed by atoms with van der Waals surface area (Å²) >= 11 is 0. The minimum absolute atomic E-state index is 0.125. The lowest BCUT2D eigenvalue weighted by atomic mass is 10.0. The molecule has 0 saturated heterocycles. The summed E-state index contributed by atoms with van der Waals surface area (Å²) in [4.78, 5) is 10.1. The second kappa shape index (κ2) is 9.28. The number of sulfonamides is 1. The topological polar surface area (TPSA) is 101 Å². The van der Waals surface area contributed by atoms with Crippen LogP contribution in [-0.2, 0) is 16.4 Å². The van der Waals surface area contributed by atoms with Gasteiger partial charge in [0.2, 0.25) is 0 Å². The van der Waals surface area contributed by atoms with Gasteiger partial charge in [0.25, 0.3) is 15.7 Å². The number of nitro benzene ring substituents is 1. The molecule has 0 aromatic heterocycles. The maximum absolute atomic E-state index is 13.3. The standard InChI is InChI=1S/C20H20N2O5S/c1-3-14-21(18(19(23)4-2)15-16-10-6-5-7-11-16)28(26,27)20-13-9-8-12-17(20)22(24)25/h2-3,5-13,18-19,23H,1,14-15H2/t18-,19+/m0/s1. The highest BCUT2D eigenvalue weighted by Crippen LogP contribution is 2.29. The monoisotopic (exact) mass is 400 g/mol. The number of para-hydroxylation sites is 1. The Bertz CT molecular complexity index is 983. The minimum Gasteiger partial charge on any atom is -0.379 e. The van der Waals surface area contributed by atoms with Gasteiger partial charge in [-0.1, -0.05) is 54.5 Å². The molecule has 0 bridgehead atoms. The number of nitrogens with zero attached hydrogens (tertiary/aromatic N) is 2. The van der Waals surface area contributed by atoms with E-state index in [9.17, 15) is 23.6 Å². The van der Waals surface area contributed by atoms with Gasteiger partial charge < -0.3 is 5.11 Å². The van der Waals surface area contributed by atoms with E-state index in [1.165, 1.54) is 18.2 Å². The molecule has 8 heteroatoms. The lowest BCUT2D eigenvalue weighted by Crippen LogP contribution is -2.48. The fourth-order valence-corrected chi connectivity index (χ4v) is 4.59. The lowest BCUT2D eigenvalue weighted by molar-refractivity contribution is -0.387. The van der Waals surface area contributed by atoms with Gasteiger partial charge in [-0.15, -0.1) is 13.0 Å². The first-order valence-electron chi connectivity index (χ1n) is 8.37. The molecule has 0 heterocycles. The minimum atomic E-state index is -4.35. The van der Waals surface area contributed by atoms with Crippen LogP contribution >= 0.6 is 0 Å². The highest BCUT2D eigenvalue weighted by molar-refractivity contribution is 7.89.